The van der Waals surface area contributed by atoms with Gasteiger partial charge in [0.25, 0.3) is 0 Å². The predicted octanol–water partition coefficient (Wildman–Crippen LogP) is 1.52. The number of ether oxygens (including phenoxy) is 1. The van der Waals surface area contributed by atoms with Crippen molar-refractivity contribution in [1.29, 1.82) is 0 Å². The number of rotatable bonds is 2. The van der Waals surface area contributed by atoms with Gasteiger partial charge in [0.05, 0.1) is 0 Å². The number of hydrogen-bond acceptors (Lipinski definition) is 2. The van der Waals surface area contributed by atoms with Gasteiger partial charge in [-0.1, -0.05) is 6.08 Å². The third kappa shape index (κ3) is 4.87. The third-order valence-electron chi connectivity index (χ3n) is 0.910. The molecule has 0 atom stereocenters. The minimum absolute atomic E-state index is 0.110. The molecule has 51 valence electrons. The second-order valence-electron chi connectivity index (χ2n) is 1.67. The fourth-order valence-electron chi connectivity index (χ4n) is 0.256. The van der Waals surface area contributed by atoms with Crippen LogP contribution in [0, 0.1) is 0 Å². The van der Waals surface area contributed by atoms with E-state index in [4.69, 9.17) is 0 Å². The molecule has 0 heterocycles. The molecule has 0 aromatic heterocycles. The van der Waals surface area contributed by atoms with Gasteiger partial charge in [0.15, 0.2) is 0 Å². The Labute approximate surface area is 53.9 Å². The van der Waals surface area contributed by atoms with E-state index in [2.05, 4.69) is 4.74 Å². The summed E-state index contributed by atoms with van der Waals surface area (Å²) >= 11 is 0. The van der Waals surface area contributed by atoms with E-state index in [0.717, 1.165) is 5.57 Å². The van der Waals surface area contributed by atoms with Gasteiger partial charge in [-0.05, 0) is 19.4 Å². The Balaban J connectivity index is 3.39. The van der Waals surface area contributed by atoms with E-state index >= 15 is 0 Å². The zero-order chi connectivity index (χ0) is 7.28. The van der Waals surface area contributed by atoms with Crippen LogP contribution in [-0.2, 0) is 9.84 Å². The van der Waals surface area contributed by atoms with Crippen LogP contribution in [0.15, 0.2) is 11.6 Å². The first kappa shape index (κ1) is 8.01. The summed E-state index contributed by atoms with van der Waals surface area (Å²) in [7, 11) is 0. The van der Waals surface area contributed by atoms with Crippen LogP contribution in [0.5, 0.6) is 0 Å². The van der Waals surface area contributed by atoms with E-state index in [1.54, 1.807) is 13.0 Å². The molecule has 0 spiro atoms. The monoisotopic (exact) mass is 129 g/mol. The highest BCUT2D eigenvalue weighted by Gasteiger charge is 1.97. The van der Waals surface area contributed by atoms with Crippen molar-refractivity contribution in [1.82, 2.24) is 0 Å². The molecule has 0 unspecified atom stereocenters. The Morgan fingerprint density at radius 2 is 2.22 bits per heavy atom. The van der Waals surface area contributed by atoms with Crippen LogP contribution in [0.1, 0.15) is 13.8 Å². The SMILES string of the molecule is CC=C(C)COC([O])=O. The second kappa shape index (κ2) is 3.95. The topological polar surface area (TPSA) is 46.2 Å². The molecule has 0 bridgehead atoms. The maximum Gasteiger partial charge on any atom is 0.550 e. The van der Waals surface area contributed by atoms with Crippen LogP contribution in [0.4, 0.5) is 4.79 Å². The van der Waals surface area contributed by atoms with Gasteiger partial charge in [-0.15, -0.1) is 0 Å². The molecule has 0 saturated heterocycles. The van der Waals surface area contributed by atoms with Crippen molar-refractivity contribution in [3.63, 3.8) is 0 Å². The first-order valence-corrected chi connectivity index (χ1v) is 2.62. The average Bonchev–Trinajstić information content (AvgIpc) is 1.83. The molecular weight excluding hydrogens is 120 g/mol. The van der Waals surface area contributed by atoms with Gasteiger partial charge in [0, 0.05) is 0 Å². The molecule has 0 aliphatic carbocycles. The van der Waals surface area contributed by atoms with Gasteiger partial charge in [-0.2, -0.15) is 9.90 Å². The summed E-state index contributed by atoms with van der Waals surface area (Å²) in [5.74, 6) is 0. The lowest BCUT2D eigenvalue weighted by Gasteiger charge is -1.95. The highest BCUT2D eigenvalue weighted by molar-refractivity contribution is 5.56. The normalized spacial score (nSPS) is 11.1. The largest absolute Gasteiger partial charge is 0.550 e. The zero-order valence-electron chi connectivity index (χ0n) is 5.51. The standard InChI is InChI=1S/C6H9O3/c1-3-5(2)4-9-6(7)8/h3H,4H2,1-2H3. The summed E-state index contributed by atoms with van der Waals surface area (Å²) in [4.78, 5) is 9.66. The summed E-state index contributed by atoms with van der Waals surface area (Å²) in [5, 5.41) is 9.66. The number of hydrogen-bond donors (Lipinski definition) is 0. The van der Waals surface area contributed by atoms with Crippen LogP contribution in [0.25, 0.3) is 0 Å². The lowest BCUT2D eigenvalue weighted by atomic mass is 10.3. The van der Waals surface area contributed by atoms with Crippen molar-refractivity contribution in [2.24, 2.45) is 0 Å². The molecule has 0 rings (SSSR count). The predicted molar refractivity (Wildman–Crippen MR) is 31.5 cm³/mol. The maximum atomic E-state index is 9.66. The molecule has 9 heavy (non-hydrogen) atoms. The van der Waals surface area contributed by atoms with E-state index < -0.39 is 6.16 Å². The van der Waals surface area contributed by atoms with Crippen LogP contribution in [0.3, 0.4) is 0 Å². The zero-order valence-corrected chi connectivity index (χ0v) is 5.51. The summed E-state index contributed by atoms with van der Waals surface area (Å²) < 4.78 is 4.13. The first-order chi connectivity index (χ1) is 4.16. The van der Waals surface area contributed by atoms with Crippen LogP contribution in [-0.4, -0.2) is 12.8 Å². The average molecular weight is 129 g/mol. The van der Waals surface area contributed by atoms with Crippen molar-refractivity contribution in [2.45, 2.75) is 13.8 Å². The van der Waals surface area contributed by atoms with Gasteiger partial charge >= 0.3 is 6.16 Å². The summed E-state index contributed by atoms with van der Waals surface area (Å²) in [6.07, 6.45) is 0.305. The van der Waals surface area contributed by atoms with Crippen molar-refractivity contribution >= 4 is 6.16 Å². The molecule has 0 saturated carbocycles. The van der Waals surface area contributed by atoms with Crippen molar-refractivity contribution in [3.8, 4) is 0 Å². The quantitative estimate of drug-likeness (QED) is 0.419. The van der Waals surface area contributed by atoms with Crippen LogP contribution >= 0.6 is 0 Å². The minimum atomic E-state index is -1.48. The number of carbonyl (C=O) groups excluding carboxylic acids is 1. The lowest BCUT2D eigenvalue weighted by Crippen LogP contribution is -2.00. The van der Waals surface area contributed by atoms with Gasteiger partial charge in [-0.3, -0.25) is 0 Å². The highest BCUT2D eigenvalue weighted by atomic mass is 16.7. The van der Waals surface area contributed by atoms with Gasteiger partial charge in [0.1, 0.15) is 6.61 Å². The Morgan fingerprint density at radius 3 is 2.56 bits per heavy atom. The summed E-state index contributed by atoms with van der Waals surface area (Å²) in [6.45, 7) is 3.70. The molecule has 0 aliphatic rings. The molecule has 0 aliphatic heterocycles. The Bertz CT molecular complexity index is 126. The Hall–Kier alpha value is -0.990. The minimum Gasteiger partial charge on any atom is -0.427 e. The molecule has 0 fully saturated rings. The van der Waals surface area contributed by atoms with Crippen LogP contribution < -0.4 is 0 Å². The van der Waals surface area contributed by atoms with Crippen molar-refractivity contribution < 1.29 is 14.6 Å². The second-order valence-corrected chi connectivity index (χ2v) is 1.67. The molecule has 0 aromatic rings. The Kier molecular flexibility index (Phi) is 3.51. The number of carbonyl (C=O) groups is 1. The smallest absolute Gasteiger partial charge is 0.427 e. The molecule has 0 aromatic carbocycles. The highest BCUT2D eigenvalue weighted by Crippen LogP contribution is 1.91. The third-order valence-corrected chi connectivity index (χ3v) is 0.910. The van der Waals surface area contributed by atoms with Gasteiger partial charge < -0.3 is 4.74 Å². The number of allylic oxidation sites excluding steroid dienone is 1. The molecule has 1 radical (unpaired) electrons. The van der Waals surface area contributed by atoms with Crippen molar-refractivity contribution in [2.75, 3.05) is 6.61 Å². The molecule has 0 amide bonds. The fraction of sp³-hybridized carbons (Fsp3) is 0.500. The summed E-state index contributed by atoms with van der Waals surface area (Å²) in [6, 6.07) is 0. The fourth-order valence-corrected chi connectivity index (χ4v) is 0.256. The summed E-state index contributed by atoms with van der Waals surface area (Å²) in [5.41, 5.74) is 0.874. The van der Waals surface area contributed by atoms with E-state index in [-0.39, 0.29) is 6.61 Å². The molecule has 3 heteroatoms. The molecule has 0 N–H and O–H groups in total. The van der Waals surface area contributed by atoms with Gasteiger partial charge in [0.2, 0.25) is 0 Å². The maximum absolute atomic E-state index is 9.66. The molecule has 3 nitrogen and oxygen atoms in total. The van der Waals surface area contributed by atoms with E-state index in [9.17, 15) is 9.90 Å². The van der Waals surface area contributed by atoms with Gasteiger partial charge in [-0.25, -0.2) is 0 Å². The first-order valence-electron chi connectivity index (χ1n) is 2.62. The van der Waals surface area contributed by atoms with Crippen molar-refractivity contribution in [3.05, 3.63) is 11.6 Å². The Morgan fingerprint density at radius 1 is 1.67 bits per heavy atom. The lowest BCUT2D eigenvalue weighted by molar-refractivity contribution is 0.0750. The van der Waals surface area contributed by atoms with E-state index in [1.165, 1.54) is 0 Å². The van der Waals surface area contributed by atoms with Crippen LogP contribution in [0.2, 0.25) is 0 Å². The van der Waals surface area contributed by atoms with E-state index in [1.807, 2.05) is 6.92 Å². The van der Waals surface area contributed by atoms with E-state index in [0.29, 0.717) is 0 Å². The molecular formula is C6H9O3.